The molecule has 0 fully saturated rings. The van der Waals surface area contributed by atoms with E-state index in [9.17, 15) is 4.39 Å². The van der Waals surface area contributed by atoms with E-state index in [-0.39, 0.29) is 5.82 Å². The molecule has 0 saturated carbocycles. The van der Waals surface area contributed by atoms with E-state index in [2.05, 4.69) is 24.2 Å². The predicted octanol–water partition coefficient (Wildman–Crippen LogP) is 4.00. The molecule has 1 heterocycles. The van der Waals surface area contributed by atoms with Crippen LogP contribution >= 0.6 is 11.3 Å². The van der Waals surface area contributed by atoms with Gasteiger partial charge in [0.25, 0.3) is 0 Å². The summed E-state index contributed by atoms with van der Waals surface area (Å²) in [5.41, 5.74) is 2.24. The Hall–Kier alpha value is -1.22. The van der Waals surface area contributed by atoms with Gasteiger partial charge in [-0.25, -0.2) is 9.37 Å². The van der Waals surface area contributed by atoms with Gasteiger partial charge in [-0.3, -0.25) is 0 Å². The smallest absolute Gasteiger partial charge is 0.123 e. The molecular formula is C13H14FNS. The van der Waals surface area contributed by atoms with E-state index in [1.807, 2.05) is 12.1 Å². The molecule has 0 bridgehead atoms. The average molecular weight is 235 g/mol. The summed E-state index contributed by atoms with van der Waals surface area (Å²) in [5.74, 6) is 0.281. The van der Waals surface area contributed by atoms with Crippen molar-refractivity contribution in [2.75, 3.05) is 0 Å². The Morgan fingerprint density at radius 3 is 2.50 bits per heavy atom. The number of hydrogen-bond donors (Lipinski definition) is 0. The van der Waals surface area contributed by atoms with Gasteiger partial charge in [-0.2, -0.15) is 0 Å². The topological polar surface area (TPSA) is 12.9 Å². The summed E-state index contributed by atoms with van der Waals surface area (Å²) in [6.07, 6.45) is 0.789. The molecule has 1 nitrogen and oxygen atoms in total. The first-order valence-corrected chi connectivity index (χ1v) is 6.22. The van der Waals surface area contributed by atoms with Crippen molar-refractivity contribution in [2.24, 2.45) is 0 Å². The quantitative estimate of drug-likeness (QED) is 0.783. The molecule has 0 N–H and O–H groups in total. The molecule has 0 unspecified atom stereocenters. The second kappa shape index (κ2) is 4.74. The molecule has 16 heavy (non-hydrogen) atoms. The number of rotatable bonds is 3. The first-order chi connectivity index (χ1) is 7.65. The normalized spacial score (nSPS) is 11.0. The lowest BCUT2D eigenvalue weighted by Crippen LogP contribution is -1.91. The fourth-order valence-electron chi connectivity index (χ4n) is 1.45. The van der Waals surface area contributed by atoms with E-state index in [0.717, 1.165) is 22.7 Å². The van der Waals surface area contributed by atoms with E-state index in [4.69, 9.17) is 0 Å². The van der Waals surface area contributed by atoms with E-state index in [1.54, 1.807) is 11.3 Å². The molecule has 0 radical (unpaired) electrons. The predicted molar refractivity (Wildman–Crippen MR) is 65.4 cm³/mol. The van der Waals surface area contributed by atoms with E-state index < -0.39 is 0 Å². The highest BCUT2D eigenvalue weighted by molar-refractivity contribution is 7.09. The monoisotopic (exact) mass is 235 g/mol. The molecule has 0 saturated heterocycles. The summed E-state index contributed by atoms with van der Waals surface area (Å²) in [5, 5.41) is 3.19. The maximum Gasteiger partial charge on any atom is 0.123 e. The fourth-order valence-corrected chi connectivity index (χ4v) is 2.44. The van der Waals surface area contributed by atoms with Crippen LogP contribution in [0.2, 0.25) is 0 Å². The Kier molecular flexibility index (Phi) is 3.34. The lowest BCUT2D eigenvalue weighted by Gasteiger charge is -1.99. The molecular weight excluding hydrogens is 221 g/mol. The summed E-state index contributed by atoms with van der Waals surface area (Å²) in [6.45, 7) is 4.27. The maximum absolute atomic E-state index is 12.7. The van der Waals surface area contributed by atoms with Gasteiger partial charge in [-0.05, 0) is 23.6 Å². The van der Waals surface area contributed by atoms with Crippen molar-refractivity contribution in [1.29, 1.82) is 0 Å². The molecule has 84 valence electrons. The third kappa shape index (κ3) is 2.67. The van der Waals surface area contributed by atoms with Gasteiger partial charge in [0.15, 0.2) is 0 Å². The molecule has 0 amide bonds. The summed E-state index contributed by atoms with van der Waals surface area (Å²) in [6, 6.07) is 6.61. The van der Waals surface area contributed by atoms with Gasteiger partial charge in [0.05, 0.1) is 10.7 Å². The van der Waals surface area contributed by atoms with Gasteiger partial charge < -0.3 is 0 Å². The molecule has 0 aliphatic carbocycles. The van der Waals surface area contributed by atoms with E-state index in [0.29, 0.717) is 5.92 Å². The maximum atomic E-state index is 12.7. The zero-order valence-corrected chi connectivity index (χ0v) is 10.2. The summed E-state index contributed by atoms with van der Waals surface area (Å²) < 4.78 is 12.7. The SMILES string of the molecule is CC(C)c1csc(Cc2ccc(F)cc2)n1. The summed E-state index contributed by atoms with van der Waals surface area (Å²) in [7, 11) is 0. The third-order valence-electron chi connectivity index (χ3n) is 2.43. The van der Waals surface area contributed by atoms with Crippen LogP contribution < -0.4 is 0 Å². The Morgan fingerprint density at radius 1 is 1.25 bits per heavy atom. The van der Waals surface area contributed by atoms with Crippen LogP contribution in [0.3, 0.4) is 0 Å². The number of benzene rings is 1. The number of halogens is 1. The first kappa shape index (κ1) is 11.3. The first-order valence-electron chi connectivity index (χ1n) is 5.34. The van der Waals surface area contributed by atoms with Crippen LogP contribution in [0.1, 0.15) is 36.0 Å². The minimum atomic E-state index is -0.189. The van der Waals surface area contributed by atoms with Crippen LogP contribution in [0, 0.1) is 5.82 Å². The van der Waals surface area contributed by atoms with E-state index >= 15 is 0 Å². The van der Waals surface area contributed by atoms with Crippen LogP contribution in [-0.2, 0) is 6.42 Å². The van der Waals surface area contributed by atoms with Gasteiger partial charge in [-0.15, -0.1) is 11.3 Å². The third-order valence-corrected chi connectivity index (χ3v) is 3.30. The molecule has 1 aromatic heterocycles. The van der Waals surface area contributed by atoms with Crippen LogP contribution in [0.5, 0.6) is 0 Å². The molecule has 2 aromatic rings. The van der Waals surface area contributed by atoms with Gasteiger partial charge >= 0.3 is 0 Å². The van der Waals surface area contributed by atoms with Crippen molar-refractivity contribution < 1.29 is 4.39 Å². The van der Waals surface area contributed by atoms with Crippen LogP contribution in [0.25, 0.3) is 0 Å². The molecule has 2 rings (SSSR count). The lowest BCUT2D eigenvalue weighted by molar-refractivity contribution is 0.627. The lowest BCUT2D eigenvalue weighted by atomic mass is 10.1. The van der Waals surface area contributed by atoms with Crippen LogP contribution in [0.15, 0.2) is 29.6 Å². The second-order valence-electron chi connectivity index (χ2n) is 4.12. The zero-order valence-electron chi connectivity index (χ0n) is 9.40. The van der Waals surface area contributed by atoms with Gasteiger partial charge in [-0.1, -0.05) is 26.0 Å². The standard InChI is InChI=1S/C13H14FNS/c1-9(2)12-8-16-13(15-12)7-10-3-5-11(14)6-4-10/h3-6,8-9H,7H2,1-2H3. The Balaban J connectivity index is 2.11. The Morgan fingerprint density at radius 2 is 1.94 bits per heavy atom. The van der Waals surface area contributed by atoms with Gasteiger partial charge in [0.2, 0.25) is 0 Å². The minimum Gasteiger partial charge on any atom is -0.246 e. The van der Waals surface area contributed by atoms with E-state index in [1.165, 1.54) is 12.1 Å². The Labute approximate surface area is 99.0 Å². The molecule has 0 aliphatic heterocycles. The molecule has 0 spiro atoms. The highest BCUT2D eigenvalue weighted by atomic mass is 32.1. The van der Waals surface area contributed by atoms with Crippen molar-refractivity contribution >= 4 is 11.3 Å². The number of hydrogen-bond acceptors (Lipinski definition) is 2. The highest BCUT2D eigenvalue weighted by Gasteiger charge is 2.06. The molecule has 0 aliphatic rings. The highest BCUT2D eigenvalue weighted by Crippen LogP contribution is 2.20. The fraction of sp³-hybridized carbons (Fsp3) is 0.308. The van der Waals surface area contributed by atoms with Crippen LogP contribution in [-0.4, -0.2) is 4.98 Å². The van der Waals surface area contributed by atoms with Crippen LogP contribution in [0.4, 0.5) is 4.39 Å². The van der Waals surface area contributed by atoms with Gasteiger partial charge in [0, 0.05) is 11.8 Å². The van der Waals surface area contributed by atoms with Gasteiger partial charge in [0.1, 0.15) is 5.82 Å². The second-order valence-corrected chi connectivity index (χ2v) is 5.07. The van der Waals surface area contributed by atoms with Crippen molar-refractivity contribution in [3.05, 3.63) is 51.7 Å². The number of thiazole rings is 1. The molecule has 3 heteroatoms. The molecule has 0 atom stereocenters. The zero-order chi connectivity index (χ0) is 11.5. The summed E-state index contributed by atoms with van der Waals surface area (Å²) in [4.78, 5) is 4.55. The average Bonchev–Trinajstić information content (AvgIpc) is 2.70. The van der Waals surface area contributed by atoms with Crippen molar-refractivity contribution in [3.63, 3.8) is 0 Å². The van der Waals surface area contributed by atoms with Crippen molar-refractivity contribution in [2.45, 2.75) is 26.2 Å². The number of aromatic nitrogens is 1. The Bertz CT molecular complexity index is 459. The number of nitrogens with zero attached hydrogens (tertiary/aromatic N) is 1. The van der Waals surface area contributed by atoms with Crippen molar-refractivity contribution in [3.8, 4) is 0 Å². The minimum absolute atomic E-state index is 0.189. The van der Waals surface area contributed by atoms with Crippen molar-refractivity contribution in [1.82, 2.24) is 4.98 Å². The summed E-state index contributed by atoms with van der Waals surface area (Å²) >= 11 is 1.67. The molecule has 1 aromatic carbocycles. The largest absolute Gasteiger partial charge is 0.246 e.